The molecule has 0 aliphatic carbocycles. The minimum Gasteiger partial charge on any atom is -0.383 e. The van der Waals surface area contributed by atoms with Crippen LogP contribution in [0, 0.1) is 0 Å². The summed E-state index contributed by atoms with van der Waals surface area (Å²) in [6.45, 7) is 5.59. The lowest BCUT2D eigenvalue weighted by Gasteiger charge is -2.27. The maximum absolute atomic E-state index is 13.4. The molecule has 0 atom stereocenters. The Morgan fingerprint density at radius 3 is 2.33 bits per heavy atom. The van der Waals surface area contributed by atoms with Crippen molar-refractivity contribution in [2.75, 3.05) is 70.3 Å². The quantitative estimate of drug-likeness (QED) is 0.399. The van der Waals surface area contributed by atoms with Crippen LogP contribution in [0.5, 0.6) is 0 Å². The summed E-state index contributed by atoms with van der Waals surface area (Å²) >= 11 is 0. The normalized spacial score (nSPS) is 16.0. The van der Waals surface area contributed by atoms with Crippen LogP contribution in [-0.2, 0) is 22.6 Å². The molecule has 12 nitrogen and oxygen atoms in total. The molecule has 0 bridgehead atoms. The number of carbonyl (C=O) groups is 2. The molecule has 2 saturated heterocycles. The fraction of sp³-hybridized carbons (Fsp3) is 0.467. The summed E-state index contributed by atoms with van der Waals surface area (Å²) in [5.41, 5.74) is 1.06. The van der Waals surface area contributed by atoms with Crippen LogP contribution < -0.4 is 21.9 Å². The second-order valence-corrected chi connectivity index (χ2v) is 10.6. The number of carbonyl (C=O) groups excluding carboxylic acids is 2. The van der Waals surface area contributed by atoms with E-state index in [1.807, 2.05) is 0 Å². The van der Waals surface area contributed by atoms with Crippen LogP contribution in [-0.4, -0.2) is 90.5 Å². The van der Waals surface area contributed by atoms with Gasteiger partial charge in [0.25, 0.3) is 11.5 Å². The van der Waals surface area contributed by atoms with Crippen LogP contribution in [0.1, 0.15) is 29.6 Å². The standard InChI is InChI=1S/C30H38N6O6/c1-41-17-16-36-28(38)25-21-24(8-9-26(25)35(30(36)40)13-12-33-10-3-2-4-11-33)32-29(39)31-23-7-5-6-22(20-23)27(37)34-14-18-42-19-15-34/h5-9,20-21H,2-4,10-19H2,1H3,(H2,31,32,39). The molecule has 3 heterocycles. The maximum Gasteiger partial charge on any atom is 0.331 e. The van der Waals surface area contributed by atoms with Crippen molar-refractivity contribution in [3.63, 3.8) is 0 Å². The summed E-state index contributed by atoms with van der Waals surface area (Å²) in [4.78, 5) is 56.6. The third-order valence-corrected chi connectivity index (χ3v) is 7.76. The Kier molecular flexibility index (Phi) is 9.67. The molecule has 3 aromatic rings. The van der Waals surface area contributed by atoms with Gasteiger partial charge in [0, 0.05) is 50.2 Å². The minimum atomic E-state index is -0.525. The number of ether oxygens (including phenoxy) is 2. The van der Waals surface area contributed by atoms with E-state index in [1.165, 1.54) is 18.1 Å². The van der Waals surface area contributed by atoms with Crippen LogP contribution in [0.25, 0.3) is 10.9 Å². The largest absolute Gasteiger partial charge is 0.383 e. The predicted molar refractivity (Wildman–Crippen MR) is 160 cm³/mol. The number of benzene rings is 2. The van der Waals surface area contributed by atoms with E-state index in [2.05, 4.69) is 15.5 Å². The second-order valence-electron chi connectivity index (χ2n) is 10.6. The number of rotatable bonds is 9. The van der Waals surface area contributed by atoms with Crippen LogP contribution in [0.2, 0.25) is 0 Å². The first-order chi connectivity index (χ1) is 20.4. The number of anilines is 2. The van der Waals surface area contributed by atoms with Crippen molar-refractivity contribution < 1.29 is 19.1 Å². The van der Waals surface area contributed by atoms with Crippen molar-refractivity contribution in [1.29, 1.82) is 0 Å². The number of hydrogen-bond acceptors (Lipinski definition) is 7. The van der Waals surface area contributed by atoms with Gasteiger partial charge in [0.2, 0.25) is 0 Å². The number of hydrogen-bond donors (Lipinski definition) is 2. The first kappa shape index (κ1) is 29.5. The molecule has 2 fully saturated rings. The lowest BCUT2D eigenvalue weighted by atomic mass is 10.1. The van der Waals surface area contributed by atoms with Crippen LogP contribution >= 0.6 is 0 Å². The first-order valence-electron chi connectivity index (χ1n) is 14.5. The van der Waals surface area contributed by atoms with Gasteiger partial charge in [-0.1, -0.05) is 12.5 Å². The molecule has 2 aliphatic rings. The molecule has 0 unspecified atom stereocenters. The Bertz CT molecular complexity index is 1540. The van der Waals surface area contributed by atoms with E-state index in [-0.39, 0.29) is 24.7 Å². The maximum atomic E-state index is 13.4. The molecule has 0 radical (unpaired) electrons. The van der Waals surface area contributed by atoms with Crippen molar-refractivity contribution >= 4 is 34.2 Å². The fourth-order valence-electron chi connectivity index (χ4n) is 5.49. The summed E-state index contributed by atoms with van der Waals surface area (Å²) in [5.74, 6) is -0.118. The van der Waals surface area contributed by atoms with Gasteiger partial charge in [-0.2, -0.15) is 0 Å². The molecule has 1 aromatic heterocycles. The molecule has 2 aromatic carbocycles. The molecule has 224 valence electrons. The Morgan fingerprint density at radius 1 is 0.857 bits per heavy atom. The van der Waals surface area contributed by atoms with E-state index in [4.69, 9.17) is 9.47 Å². The average molecular weight is 579 g/mol. The highest BCUT2D eigenvalue weighted by molar-refractivity contribution is 6.02. The number of aromatic nitrogens is 2. The summed E-state index contributed by atoms with van der Waals surface area (Å²) in [7, 11) is 1.52. The van der Waals surface area contributed by atoms with Gasteiger partial charge < -0.3 is 29.9 Å². The molecule has 12 heteroatoms. The Balaban J connectivity index is 1.35. The number of morpholine rings is 1. The molecule has 2 N–H and O–H groups in total. The number of fused-ring (bicyclic) bond motifs is 1. The minimum absolute atomic E-state index is 0.118. The summed E-state index contributed by atoms with van der Waals surface area (Å²) in [6, 6.07) is 11.2. The van der Waals surface area contributed by atoms with E-state index in [1.54, 1.807) is 51.9 Å². The van der Waals surface area contributed by atoms with E-state index < -0.39 is 11.6 Å². The van der Waals surface area contributed by atoms with Gasteiger partial charge in [0.15, 0.2) is 0 Å². The van der Waals surface area contributed by atoms with E-state index in [0.29, 0.717) is 67.2 Å². The summed E-state index contributed by atoms with van der Waals surface area (Å²) in [6.07, 6.45) is 3.52. The van der Waals surface area contributed by atoms with E-state index in [0.717, 1.165) is 25.9 Å². The number of methoxy groups -OCH3 is 1. The topological polar surface area (TPSA) is 127 Å². The van der Waals surface area contributed by atoms with E-state index >= 15 is 0 Å². The lowest BCUT2D eigenvalue weighted by Crippen LogP contribution is -2.43. The Hall–Kier alpha value is -4.00. The molecular weight excluding hydrogens is 540 g/mol. The molecule has 0 saturated carbocycles. The van der Waals surface area contributed by atoms with Gasteiger partial charge >= 0.3 is 11.7 Å². The van der Waals surface area contributed by atoms with Gasteiger partial charge in [0.1, 0.15) is 0 Å². The van der Waals surface area contributed by atoms with Gasteiger partial charge in [0.05, 0.1) is 37.3 Å². The van der Waals surface area contributed by atoms with Crippen molar-refractivity contribution in [3.05, 3.63) is 68.9 Å². The molecule has 3 amide bonds. The molecule has 2 aliphatic heterocycles. The molecule has 5 rings (SSSR count). The van der Waals surface area contributed by atoms with Crippen LogP contribution in [0.4, 0.5) is 16.2 Å². The zero-order valence-corrected chi connectivity index (χ0v) is 24.0. The second kappa shape index (κ2) is 13.8. The third kappa shape index (κ3) is 6.89. The van der Waals surface area contributed by atoms with Gasteiger partial charge in [-0.25, -0.2) is 9.59 Å². The fourth-order valence-corrected chi connectivity index (χ4v) is 5.49. The van der Waals surface area contributed by atoms with Crippen molar-refractivity contribution in [3.8, 4) is 0 Å². The zero-order chi connectivity index (χ0) is 29.5. The van der Waals surface area contributed by atoms with Gasteiger partial charge in [-0.15, -0.1) is 0 Å². The highest BCUT2D eigenvalue weighted by atomic mass is 16.5. The van der Waals surface area contributed by atoms with Crippen LogP contribution in [0.15, 0.2) is 52.1 Å². The van der Waals surface area contributed by atoms with Crippen molar-refractivity contribution in [1.82, 2.24) is 18.9 Å². The lowest BCUT2D eigenvalue weighted by molar-refractivity contribution is 0.0303. The van der Waals surface area contributed by atoms with Crippen molar-refractivity contribution in [2.24, 2.45) is 0 Å². The third-order valence-electron chi connectivity index (χ3n) is 7.76. The number of likely N-dealkylation sites (tertiary alicyclic amines) is 1. The Labute approximate surface area is 243 Å². The van der Waals surface area contributed by atoms with Gasteiger partial charge in [-0.05, 0) is 62.3 Å². The Morgan fingerprint density at radius 2 is 1.60 bits per heavy atom. The smallest absolute Gasteiger partial charge is 0.331 e. The number of amides is 3. The van der Waals surface area contributed by atoms with Crippen molar-refractivity contribution in [2.45, 2.75) is 32.4 Å². The molecule has 0 spiro atoms. The zero-order valence-electron chi connectivity index (χ0n) is 24.0. The molecule has 42 heavy (non-hydrogen) atoms. The highest BCUT2D eigenvalue weighted by Gasteiger charge is 2.20. The number of nitrogens with one attached hydrogen (secondary N) is 2. The highest BCUT2D eigenvalue weighted by Crippen LogP contribution is 2.18. The number of urea groups is 1. The monoisotopic (exact) mass is 578 g/mol. The molecular formula is C30H38N6O6. The first-order valence-corrected chi connectivity index (χ1v) is 14.5. The SMILES string of the molecule is COCCn1c(=O)c2cc(NC(=O)Nc3cccc(C(=O)N4CCOCC4)c3)ccc2n(CCN2CCCCC2)c1=O. The van der Waals surface area contributed by atoms with Gasteiger partial charge in [-0.3, -0.25) is 18.7 Å². The number of piperidine rings is 1. The summed E-state index contributed by atoms with van der Waals surface area (Å²) in [5, 5.41) is 5.87. The number of nitrogens with zero attached hydrogens (tertiary/aromatic N) is 4. The predicted octanol–water partition coefficient (Wildman–Crippen LogP) is 2.41. The summed E-state index contributed by atoms with van der Waals surface area (Å²) < 4.78 is 13.3. The van der Waals surface area contributed by atoms with Crippen LogP contribution in [0.3, 0.4) is 0 Å². The van der Waals surface area contributed by atoms with E-state index in [9.17, 15) is 19.2 Å². The average Bonchev–Trinajstić information content (AvgIpc) is 3.02.